The summed E-state index contributed by atoms with van der Waals surface area (Å²) in [5.41, 5.74) is -0.0322. The summed E-state index contributed by atoms with van der Waals surface area (Å²) in [6, 6.07) is 1.43. The molecule has 96 valence electrons. The lowest BCUT2D eigenvalue weighted by Gasteiger charge is -2.27. The van der Waals surface area contributed by atoms with Crippen LogP contribution in [0.25, 0.3) is 0 Å². The zero-order valence-corrected chi connectivity index (χ0v) is 10.6. The van der Waals surface area contributed by atoms with Gasteiger partial charge < -0.3 is 15.3 Å². The SMILES string of the molecule is CN(C)CC(C)(O)CNCc1cncc(F)c1. The Morgan fingerprint density at radius 3 is 2.76 bits per heavy atom. The van der Waals surface area contributed by atoms with Gasteiger partial charge in [0.25, 0.3) is 0 Å². The van der Waals surface area contributed by atoms with Crippen molar-refractivity contribution < 1.29 is 9.50 Å². The Hall–Kier alpha value is -1.04. The van der Waals surface area contributed by atoms with Crippen LogP contribution in [0.2, 0.25) is 0 Å². The number of rotatable bonds is 6. The molecule has 17 heavy (non-hydrogen) atoms. The molecule has 0 aliphatic carbocycles. The maximum atomic E-state index is 12.9. The zero-order valence-electron chi connectivity index (χ0n) is 10.6. The maximum absolute atomic E-state index is 12.9. The third-order valence-electron chi connectivity index (χ3n) is 2.25. The molecule has 0 spiro atoms. The average molecular weight is 241 g/mol. The molecule has 2 N–H and O–H groups in total. The number of nitrogens with one attached hydrogen (secondary N) is 1. The number of aromatic nitrogens is 1. The molecule has 1 aromatic heterocycles. The monoisotopic (exact) mass is 241 g/mol. The highest BCUT2D eigenvalue weighted by Crippen LogP contribution is 2.04. The molecule has 0 radical (unpaired) electrons. The molecule has 0 amide bonds. The Bertz CT molecular complexity index is 355. The van der Waals surface area contributed by atoms with Gasteiger partial charge in [0.1, 0.15) is 5.82 Å². The van der Waals surface area contributed by atoms with E-state index in [0.29, 0.717) is 19.6 Å². The molecule has 1 aromatic rings. The topological polar surface area (TPSA) is 48.4 Å². The van der Waals surface area contributed by atoms with Crippen molar-refractivity contribution in [2.24, 2.45) is 0 Å². The molecule has 0 bridgehead atoms. The predicted molar refractivity (Wildman–Crippen MR) is 65.1 cm³/mol. The molecule has 0 saturated heterocycles. The van der Waals surface area contributed by atoms with E-state index in [9.17, 15) is 9.50 Å². The molecular weight excluding hydrogens is 221 g/mol. The molecule has 0 aliphatic rings. The summed E-state index contributed by atoms with van der Waals surface area (Å²) in [6.45, 7) is 3.28. The zero-order chi connectivity index (χ0) is 12.9. The smallest absolute Gasteiger partial charge is 0.141 e. The van der Waals surface area contributed by atoms with Crippen LogP contribution in [0, 0.1) is 5.82 Å². The third-order valence-corrected chi connectivity index (χ3v) is 2.25. The summed E-state index contributed by atoms with van der Waals surface area (Å²) in [6.07, 6.45) is 2.78. The second-order valence-electron chi connectivity index (χ2n) is 4.85. The molecule has 1 atom stereocenters. The van der Waals surface area contributed by atoms with E-state index in [-0.39, 0.29) is 5.82 Å². The number of halogens is 1. The highest BCUT2D eigenvalue weighted by Gasteiger charge is 2.20. The number of pyridine rings is 1. The number of hydrogen-bond donors (Lipinski definition) is 2. The van der Waals surface area contributed by atoms with Crippen molar-refractivity contribution in [2.45, 2.75) is 19.1 Å². The van der Waals surface area contributed by atoms with Crippen LogP contribution in [0.5, 0.6) is 0 Å². The van der Waals surface area contributed by atoms with E-state index in [1.807, 2.05) is 19.0 Å². The van der Waals surface area contributed by atoms with Crippen molar-refractivity contribution in [3.8, 4) is 0 Å². The Balaban J connectivity index is 2.37. The van der Waals surface area contributed by atoms with E-state index in [0.717, 1.165) is 5.56 Å². The average Bonchev–Trinajstić information content (AvgIpc) is 2.15. The standard InChI is InChI=1S/C12H20FN3O/c1-12(17,9-16(2)3)8-15-6-10-4-11(13)7-14-5-10/h4-5,7,15,17H,6,8-9H2,1-3H3. The predicted octanol–water partition coefficient (Wildman–Crippen LogP) is 0.623. The van der Waals surface area contributed by atoms with Gasteiger partial charge in [-0.05, 0) is 32.6 Å². The van der Waals surface area contributed by atoms with Crippen molar-refractivity contribution >= 4 is 0 Å². The lowest BCUT2D eigenvalue weighted by Crippen LogP contribution is -2.45. The minimum atomic E-state index is -0.801. The fraction of sp³-hybridized carbons (Fsp3) is 0.583. The summed E-state index contributed by atoms with van der Waals surface area (Å²) in [5, 5.41) is 13.1. The van der Waals surface area contributed by atoms with Gasteiger partial charge in [0, 0.05) is 25.8 Å². The second kappa shape index (κ2) is 6.05. The van der Waals surface area contributed by atoms with E-state index in [1.165, 1.54) is 12.3 Å². The first-order valence-electron chi connectivity index (χ1n) is 5.56. The van der Waals surface area contributed by atoms with Crippen LogP contribution < -0.4 is 5.32 Å². The van der Waals surface area contributed by atoms with Gasteiger partial charge in [-0.15, -0.1) is 0 Å². The lowest BCUT2D eigenvalue weighted by molar-refractivity contribution is 0.0336. The minimum absolute atomic E-state index is 0.343. The van der Waals surface area contributed by atoms with Crippen molar-refractivity contribution in [1.82, 2.24) is 15.2 Å². The molecule has 1 unspecified atom stereocenters. The van der Waals surface area contributed by atoms with E-state index in [4.69, 9.17) is 0 Å². The molecule has 0 saturated carbocycles. The molecule has 0 aliphatic heterocycles. The summed E-state index contributed by atoms with van der Waals surface area (Å²) in [7, 11) is 3.82. The number of likely N-dealkylation sites (N-methyl/N-ethyl adjacent to an activating group) is 1. The van der Waals surface area contributed by atoms with Gasteiger partial charge in [-0.3, -0.25) is 4.98 Å². The molecule has 0 fully saturated rings. The molecule has 1 rings (SSSR count). The summed E-state index contributed by atoms with van der Waals surface area (Å²) in [5.74, 6) is -0.343. The van der Waals surface area contributed by atoms with Crippen LogP contribution >= 0.6 is 0 Å². The first-order chi connectivity index (χ1) is 7.89. The van der Waals surface area contributed by atoms with Gasteiger partial charge in [0.15, 0.2) is 0 Å². The highest BCUT2D eigenvalue weighted by molar-refractivity contribution is 5.09. The van der Waals surface area contributed by atoms with Gasteiger partial charge in [-0.1, -0.05) is 0 Å². The quantitative estimate of drug-likeness (QED) is 0.766. The third kappa shape index (κ3) is 5.72. The number of hydrogen-bond acceptors (Lipinski definition) is 4. The van der Waals surface area contributed by atoms with Crippen LogP contribution in [0.4, 0.5) is 4.39 Å². The minimum Gasteiger partial charge on any atom is -0.388 e. The largest absolute Gasteiger partial charge is 0.388 e. The normalized spacial score (nSPS) is 14.9. The summed E-state index contributed by atoms with van der Waals surface area (Å²) in [4.78, 5) is 5.68. The van der Waals surface area contributed by atoms with Gasteiger partial charge in [-0.25, -0.2) is 4.39 Å². The Kier molecular flexibility index (Phi) is 4.99. The Morgan fingerprint density at radius 2 is 2.18 bits per heavy atom. The Morgan fingerprint density at radius 1 is 1.47 bits per heavy atom. The molecule has 5 heteroatoms. The van der Waals surface area contributed by atoms with Crippen LogP contribution in [0.1, 0.15) is 12.5 Å². The van der Waals surface area contributed by atoms with E-state index in [2.05, 4.69) is 10.3 Å². The molecule has 1 heterocycles. The fourth-order valence-corrected chi connectivity index (χ4v) is 1.77. The van der Waals surface area contributed by atoms with E-state index < -0.39 is 5.60 Å². The van der Waals surface area contributed by atoms with E-state index in [1.54, 1.807) is 13.1 Å². The van der Waals surface area contributed by atoms with Gasteiger partial charge in [0.2, 0.25) is 0 Å². The van der Waals surface area contributed by atoms with E-state index >= 15 is 0 Å². The van der Waals surface area contributed by atoms with Crippen molar-refractivity contribution in [1.29, 1.82) is 0 Å². The molecule has 4 nitrogen and oxygen atoms in total. The van der Waals surface area contributed by atoms with Crippen LogP contribution in [0.15, 0.2) is 18.5 Å². The molecule has 0 aromatic carbocycles. The van der Waals surface area contributed by atoms with Gasteiger partial charge in [-0.2, -0.15) is 0 Å². The molecular formula is C12H20FN3O. The van der Waals surface area contributed by atoms with Crippen molar-refractivity contribution in [3.63, 3.8) is 0 Å². The van der Waals surface area contributed by atoms with Crippen LogP contribution in [-0.2, 0) is 6.54 Å². The van der Waals surface area contributed by atoms with Crippen molar-refractivity contribution in [3.05, 3.63) is 29.8 Å². The Labute approximate surface area is 101 Å². The number of aliphatic hydroxyl groups is 1. The van der Waals surface area contributed by atoms with Gasteiger partial charge in [0.05, 0.1) is 11.8 Å². The fourth-order valence-electron chi connectivity index (χ4n) is 1.77. The van der Waals surface area contributed by atoms with Crippen LogP contribution in [-0.4, -0.2) is 47.8 Å². The first kappa shape index (κ1) is 14.0. The summed E-state index contributed by atoms with van der Waals surface area (Å²) < 4.78 is 12.9. The van der Waals surface area contributed by atoms with Crippen molar-refractivity contribution in [2.75, 3.05) is 27.2 Å². The first-order valence-corrected chi connectivity index (χ1v) is 5.56. The highest BCUT2D eigenvalue weighted by atomic mass is 19.1. The summed E-state index contributed by atoms with van der Waals surface area (Å²) >= 11 is 0. The van der Waals surface area contributed by atoms with Crippen LogP contribution in [0.3, 0.4) is 0 Å². The lowest BCUT2D eigenvalue weighted by atomic mass is 10.1. The van der Waals surface area contributed by atoms with Gasteiger partial charge >= 0.3 is 0 Å². The number of nitrogens with zero attached hydrogens (tertiary/aromatic N) is 2. The maximum Gasteiger partial charge on any atom is 0.141 e. The second-order valence-corrected chi connectivity index (χ2v) is 4.85.